The van der Waals surface area contributed by atoms with Gasteiger partial charge in [-0.2, -0.15) is 0 Å². The SMILES string of the molecule is O=C(O)/C=C/c1ccc(OC2CCS(=O)(=O)CC2)c(Cl)c1. The standard InChI is InChI=1S/C14H15ClO5S/c15-12-9-10(2-4-14(16)17)1-3-13(12)20-11-5-7-21(18,19)8-6-11/h1-4,9,11H,5-8H2,(H,16,17)/b4-2+. The van der Waals surface area contributed by atoms with E-state index >= 15 is 0 Å². The van der Waals surface area contributed by atoms with E-state index in [2.05, 4.69) is 0 Å². The first-order valence-electron chi connectivity index (χ1n) is 6.43. The van der Waals surface area contributed by atoms with Crippen LogP contribution in [0.2, 0.25) is 5.02 Å². The minimum atomic E-state index is -2.92. The fourth-order valence-electron chi connectivity index (χ4n) is 2.05. The zero-order valence-corrected chi connectivity index (χ0v) is 12.7. The smallest absolute Gasteiger partial charge is 0.328 e. The van der Waals surface area contributed by atoms with Gasteiger partial charge in [-0.1, -0.05) is 17.7 Å². The summed E-state index contributed by atoms with van der Waals surface area (Å²) in [5, 5.41) is 8.94. The molecule has 5 nitrogen and oxygen atoms in total. The fourth-order valence-corrected chi connectivity index (χ4v) is 3.73. The average molecular weight is 331 g/mol. The second kappa shape index (κ2) is 6.49. The Balaban J connectivity index is 2.03. The van der Waals surface area contributed by atoms with E-state index in [1.165, 1.54) is 6.08 Å². The molecule has 1 N–H and O–H groups in total. The summed E-state index contributed by atoms with van der Waals surface area (Å²) < 4.78 is 28.4. The summed E-state index contributed by atoms with van der Waals surface area (Å²) in [5.74, 6) is -0.285. The molecule has 0 aliphatic carbocycles. The van der Waals surface area contributed by atoms with Crippen LogP contribution in [0.15, 0.2) is 24.3 Å². The molecule has 1 aliphatic heterocycles. The number of aliphatic carboxylic acids is 1. The van der Waals surface area contributed by atoms with Crippen molar-refractivity contribution >= 4 is 33.5 Å². The van der Waals surface area contributed by atoms with Gasteiger partial charge < -0.3 is 9.84 Å². The lowest BCUT2D eigenvalue weighted by Gasteiger charge is -2.23. The molecular formula is C14H15ClO5S. The van der Waals surface area contributed by atoms with E-state index in [9.17, 15) is 13.2 Å². The Bertz CT molecular complexity index is 652. The molecule has 0 aromatic heterocycles. The van der Waals surface area contributed by atoms with E-state index in [4.69, 9.17) is 21.4 Å². The van der Waals surface area contributed by atoms with Gasteiger partial charge in [0.05, 0.1) is 16.5 Å². The van der Waals surface area contributed by atoms with Crippen LogP contribution in [0, 0.1) is 0 Å². The Morgan fingerprint density at radius 3 is 2.57 bits per heavy atom. The second-order valence-corrected chi connectivity index (χ2v) is 7.54. The third-order valence-electron chi connectivity index (χ3n) is 3.17. The van der Waals surface area contributed by atoms with Crippen LogP contribution < -0.4 is 4.74 Å². The van der Waals surface area contributed by atoms with E-state index in [-0.39, 0.29) is 17.6 Å². The van der Waals surface area contributed by atoms with E-state index in [0.29, 0.717) is 29.2 Å². The van der Waals surface area contributed by atoms with Crippen LogP contribution in [0.25, 0.3) is 6.08 Å². The van der Waals surface area contributed by atoms with Crippen molar-refractivity contribution in [2.75, 3.05) is 11.5 Å². The van der Waals surface area contributed by atoms with Gasteiger partial charge in [0.2, 0.25) is 0 Å². The Morgan fingerprint density at radius 1 is 1.33 bits per heavy atom. The molecular weight excluding hydrogens is 316 g/mol. The molecule has 1 heterocycles. The van der Waals surface area contributed by atoms with Crippen molar-refractivity contribution in [3.63, 3.8) is 0 Å². The van der Waals surface area contributed by atoms with E-state index in [1.54, 1.807) is 18.2 Å². The minimum absolute atomic E-state index is 0.134. The normalized spacial score (nSPS) is 18.7. The van der Waals surface area contributed by atoms with Gasteiger partial charge in [-0.3, -0.25) is 0 Å². The minimum Gasteiger partial charge on any atom is -0.489 e. The topological polar surface area (TPSA) is 80.7 Å². The fraction of sp³-hybridized carbons (Fsp3) is 0.357. The maximum atomic E-state index is 11.3. The van der Waals surface area contributed by atoms with Crippen LogP contribution in [-0.2, 0) is 14.6 Å². The first-order valence-corrected chi connectivity index (χ1v) is 8.63. The summed E-state index contributed by atoms with van der Waals surface area (Å²) in [6, 6.07) is 4.96. The van der Waals surface area contributed by atoms with Crippen molar-refractivity contribution in [2.45, 2.75) is 18.9 Å². The van der Waals surface area contributed by atoms with Crippen molar-refractivity contribution in [3.05, 3.63) is 34.9 Å². The summed E-state index contributed by atoms with van der Waals surface area (Å²) in [6.07, 6.45) is 3.22. The number of carbonyl (C=O) groups is 1. The van der Waals surface area contributed by atoms with Crippen LogP contribution >= 0.6 is 11.6 Å². The third kappa shape index (κ3) is 4.75. The number of halogens is 1. The number of carboxylic acid groups (broad SMARTS) is 1. The van der Waals surface area contributed by atoms with Gasteiger partial charge in [-0.15, -0.1) is 0 Å². The molecule has 1 fully saturated rings. The summed E-state index contributed by atoms with van der Waals surface area (Å²) in [5.41, 5.74) is 0.654. The lowest BCUT2D eigenvalue weighted by molar-refractivity contribution is -0.131. The van der Waals surface area contributed by atoms with Gasteiger partial charge in [0, 0.05) is 6.08 Å². The maximum Gasteiger partial charge on any atom is 0.328 e. The molecule has 1 aliphatic rings. The van der Waals surface area contributed by atoms with Crippen LogP contribution in [0.1, 0.15) is 18.4 Å². The van der Waals surface area contributed by atoms with Gasteiger partial charge in [0.15, 0.2) is 9.84 Å². The molecule has 1 aromatic carbocycles. The van der Waals surface area contributed by atoms with Crippen molar-refractivity contribution in [1.82, 2.24) is 0 Å². The third-order valence-corrected chi connectivity index (χ3v) is 5.18. The lowest BCUT2D eigenvalue weighted by Crippen LogP contribution is -2.30. The summed E-state index contributed by atoms with van der Waals surface area (Å²) in [6.45, 7) is 0. The first kappa shape index (κ1) is 15.9. The highest BCUT2D eigenvalue weighted by molar-refractivity contribution is 7.91. The number of hydrogen-bond acceptors (Lipinski definition) is 4. The van der Waals surface area contributed by atoms with Gasteiger partial charge >= 0.3 is 5.97 Å². The molecule has 0 radical (unpaired) electrons. The Morgan fingerprint density at radius 2 is 2.00 bits per heavy atom. The highest BCUT2D eigenvalue weighted by Crippen LogP contribution is 2.29. The van der Waals surface area contributed by atoms with Crippen LogP contribution in [0.4, 0.5) is 0 Å². The summed E-state index contributed by atoms with van der Waals surface area (Å²) in [7, 11) is -2.92. The number of hydrogen-bond donors (Lipinski definition) is 1. The zero-order chi connectivity index (χ0) is 15.5. The zero-order valence-electron chi connectivity index (χ0n) is 11.2. The average Bonchev–Trinajstić information content (AvgIpc) is 2.41. The Hall–Kier alpha value is -1.53. The van der Waals surface area contributed by atoms with Crippen molar-refractivity contribution < 1.29 is 23.1 Å². The predicted octanol–water partition coefficient (Wildman–Crippen LogP) is 2.39. The molecule has 0 unspecified atom stereocenters. The first-order chi connectivity index (χ1) is 9.85. The van der Waals surface area contributed by atoms with E-state index in [1.807, 2.05) is 0 Å². The monoisotopic (exact) mass is 330 g/mol. The van der Waals surface area contributed by atoms with Gasteiger partial charge in [0.1, 0.15) is 11.9 Å². The highest BCUT2D eigenvalue weighted by Gasteiger charge is 2.25. The highest BCUT2D eigenvalue weighted by atomic mass is 35.5. The van der Waals surface area contributed by atoms with E-state index in [0.717, 1.165) is 6.08 Å². The molecule has 21 heavy (non-hydrogen) atoms. The molecule has 0 saturated carbocycles. The van der Waals surface area contributed by atoms with Crippen LogP contribution in [0.5, 0.6) is 5.75 Å². The molecule has 0 amide bonds. The Labute approximate surface area is 128 Å². The number of carboxylic acids is 1. The number of rotatable bonds is 4. The van der Waals surface area contributed by atoms with Crippen LogP contribution in [-0.4, -0.2) is 37.1 Å². The molecule has 7 heteroatoms. The molecule has 0 bridgehead atoms. The van der Waals surface area contributed by atoms with Crippen molar-refractivity contribution in [2.24, 2.45) is 0 Å². The second-order valence-electron chi connectivity index (χ2n) is 4.83. The number of ether oxygens (including phenoxy) is 1. The van der Waals surface area contributed by atoms with Gasteiger partial charge in [0.25, 0.3) is 0 Å². The molecule has 2 rings (SSSR count). The Kier molecular flexibility index (Phi) is 4.90. The van der Waals surface area contributed by atoms with Gasteiger partial charge in [-0.05, 0) is 36.6 Å². The number of sulfone groups is 1. The molecule has 1 saturated heterocycles. The quantitative estimate of drug-likeness (QED) is 0.857. The van der Waals surface area contributed by atoms with Crippen LogP contribution in [0.3, 0.4) is 0 Å². The van der Waals surface area contributed by atoms with Crippen molar-refractivity contribution in [1.29, 1.82) is 0 Å². The molecule has 0 atom stereocenters. The summed E-state index contributed by atoms with van der Waals surface area (Å²) >= 11 is 6.10. The molecule has 114 valence electrons. The van der Waals surface area contributed by atoms with Crippen molar-refractivity contribution in [3.8, 4) is 5.75 Å². The molecule has 1 aromatic rings. The van der Waals surface area contributed by atoms with Gasteiger partial charge in [-0.25, -0.2) is 13.2 Å². The largest absolute Gasteiger partial charge is 0.489 e. The predicted molar refractivity (Wildman–Crippen MR) is 80.4 cm³/mol. The maximum absolute atomic E-state index is 11.3. The molecule has 0 spiro atoms. The lowest BCUT2D eigenvalue weighted by atomic mass is 10.2. The summed E-state index contributed by atoms with van der Waals surface area (Å²) in [4.78, 5) is 10.4. The van der Waals surface area contributed by atoms with E-state index < -0.39 is 15.8 Å². The number of benzene rings is 1.